The van der Waals surface area contributed by atoms with Crippen molar-refractivity contribution in [3.05, 3.63) is 28.2 Å². The summed E-state index contributed by atoms with van der Waals surface area (Å²) in [6.45, 7) is 2.42. The summed E-state index contributed by atoms with van der Waals surface area (Å²) in [6, 6.07) is 5.56. The first-order valence-corrected chi connectivity index (χ1v) is 5.51. The van der Waals surface area contributed by atoms with Crippen molar-refractivity contribution in [1.29, 1.82) is 0 Å². The Bertz CT molecular complexity index is 315. The third-order valence-electron chi connectivity index (χ3n) is 1.92. The van der Waals surface area contributed by atoms with Crippen LogP contribution in [0.3, 0.4) is 0 Å². The van der Waals surface area contributed by atoms with Gasteiger partial charge in [-0.3, -0.25) is 0 Å². The van der Waals surface area contributed by atoms with Gasteiger partial charge in [0.1, 0.15) is 11.9 Å². The van der Waals surface area contributed by atoms with Crippen molar-refractivity contribution >= 4 is 15.9 Å². The highest BCUT2D eigenvalue weighted by Crippen LogP contribution is 2.24. The molecule has 1 aromatic rings. The van der Waals surface area contributed by atoms with Crippen LogP contribution >= 0.6 is 15.9 Å². The first-order chi connectivity index (χ1) is 7.17. The maximum Gasteiger partial charge on any atom is 0.125 e. The fraction of sp³-hybridized carbons (Fsp3) is 0.455. The van der Waals surface area contributed by atoms with Gasteiger partial charge in [0, 0.05) is 17.1 Å². The molecule has 0 saturated heterocycles. The molecular weight excluding hydrogens is 260 g/mol. The number of rotatable bonds is 5. The van der Waals surface area contributed by atoms with E-state index in [0.717, 1.165) is 10.0 Å². The molecule has 0 aliphatic carbocycles. The average Bonchev–Trinajstić information content (AvgIpc) is 2.21. The lowest BCUT2D eigenvalue weighted by Gasteiger charge is -2.16. The smallest absolute Gasteiger partial charge is 0.125 e. The van der Waals surface area contributed by atoms with E-state index in [1.165, 1.54) is 0 Å². The summed E-state index contributed by atoms with van der Waals surface area (Å²) in [5.74, 6) is 0.699. The Kier molecular flexibility index (Phi) is 5.08. The second-order valence-corrected chi connectivity index (χ2v) is 4.21. The minimum atomic E-state index is -0.0333. The summed E-state index contributed by atoms with van der Waals surface area (Å²) < 4.78 is 11.5. The molecule has 0 fully saturated rings. The van der Waals surface area contributed by atoms with Gasteiger partial charge in [0.15, 0.2) is 0 Å². The monoisotopic (exact) mass is 274 g/mol. The van der Waals surface area contributed by atoms with Gasteiger partial charge in [-0.15, -0.1) is 0 Å². The Balaban J connectivity index is 2.75. The van der Waals surface area contributed by atoms with Gasteiger partial charge in [-0.25, -0.2) is 0 Å². The van der Waals surface area contributed by atoms with Crippen LogP contribution < -0.4 is 4.74 Å². The van der Waals surface area contributed by atoms with Gasteiger partial charge in [-0.2, -0.15) is 0 Å². The molecule has 0 bridgehead atoms. The second kappa shape index (κ2) is 6.10. The highest BCUT2D eigenvalue weighted by atomic mass is 79.9. The topological polar surface area (TPSA) is 38.7 Å². The molecule has 0 heterocycles. The minimum absolute atomic E-state index is 0.0264. The van der Waals surface area contributed by atoms with Crippen LogP contribution in [-0.4, -0.2) is 24.9 Å². The second-order valence-electron chi connectivity index (χ2n) is 3.29. The van der Waals surface area contributed by atoms with Crippen molar-refractivity contribution in [3.8, 4) is 5.75 Å². The van der Waals surface area contributed by atoms with Crippen molar-refractivity contribution in [3.63, 3.8) is 0 Å². The van der Waals surface area contributed by atoms with Crippen molar-refractivity contribution in [2.24, 2.45) is 0 Å². The maximum absolute atomic E-state index is 9.15. The molecule has 0 aliphatic rings. The first kappa shape index (κ1) is 12.5. The Morgan fingerprint density at radius 1 is 1.47 bits per heavy atom. The summed E-state index contributed by atoms with van der Waals surface area (Å²) in [5.41, 5.74) is 0.771. The summed E-state index contributed by atoms with van der Waals surface area (Å²) >= 11 is 3.34. The molecule has 0 radical (unpaired) electrons. The van der Waals surface area contributed by atoms with Crippen LogP contribution in [0.15, 0.2) is 22.7 Å². The quantitative estimate of drug-likeness (QED) is 0.896. The molecule has 1 N–H and O–H groups in total. The summed E-state index contributed by atoms with van der Waals surface area (Å²) in [4.78, 5) is 0. The van der Waals surface area contributed by atoms with Crippen LogP contribution in [0.2, 0.25) is 0 Å². The number of aliphatic hydroxyl groups excluding tert-OH is 1. The van der Waals surface area contributed by atoms with E-state index in [9.17, 15) is 0 Å². The zero-order valence-electron chi connectivity index (χ0n) is 8.87. The highest BCUT2D eigenvalue weighted by molar-refractivity contribution is 9.10. The Labute approximate surface area is 98.1 Å². The van der Waals surface area contributed by atoms with Crippen molar-refractivity contribution < 1.29 is 14.6 Å². The Hall–Kier alpha value is -0.580. The normalized spacial score (nSPS) is 12.5. The number of hydrogen-bond donors (Lipinski definition) is 1. The standard InChI is InChI=1S/C11H15BrO3/c1-8(7-14-2)15-11-4-3-10(12)5-9(11)6-13/h3-5,8,13H,6-7H2,1-2H3. The molecule has 15 heavy (non-hydrogen) atoms. The lowest BCUT2D eigenvalue weighted by atomic mass is 10.2. The molecule has 4 heteroatoms. The highest BCUT2D eigenvalue weighted by Gasteiger charge is 2.08. The maximum atomic E-state index is 9.15. The Morgan fingerprint density at radius 2 is 2.20 bits per heavy atom. The van der Waals surface area contributed by atoms with Gasteiger partial charge in [-0.1, -0.05) is 15.9 Å². The largest absolute Gasteiger partial charge is 0.488 e. The summed E-state index contributed by atoms with van der Waals surface area (Å²) in [7, 11) is 1.63. The molecular formula is C11H15BrO3. The van der Waals surface area contributed by atoms with Crippen LogP contribution in [0.25, 0.3) is 0 Å². The zero-order valence-corrected chi connectivity index (χ0v) is 10.5. The van der Waals surface area contributed by atoms with E-state index in [0.29, 0.717) is 12.4 Å². The van der Waals surface area contributed by atoms with Crippen LogP contribution in [0, 0.1) is 0 Å². The molecule has 1 atom stereocenters. The lowest BCUT2D eigenvalue weighted by molar-refractivity contribution is 0.0903. The average molecular weight is 275 g/mol. The molecule has 1 aromatic carbocycles. The number of hydrogen-bond acceptors (Lipinski definition) is 3. The van der Waals surface area contributed by atoms with Crippen LogP contribution in [0.5, 0.6) is 5.75 Å². The van der Waals surface area contributed by atoms with Gasteiger partial charge < -0.3 is 14.6 Å². The van der Waals surface area contributed by atoms with Gasteiger partial charge >= 0.3 is 0 Å². The molecule has 0 spiro atoms. The molecule has 1 rings (SSSR count). The third-order valence-corrected chi connectivity index (χ3v) is 2.42. The summed E-state index contributed by atoms with van der Waals surface area (Å²) in [6.07, 6.45) is -0.0264. The number of benzene rings is 1. The third kappa shape index (κ3) is 3.81. The zero-order chi connectivity index (χ0) is 11.3. The Morgan fingerprint density at radius 3 is 2.80 bits per heavy atom. The number of halogens is 1. The van der Waals surface area contributed by atoms with Crippen molar-refractivity contribution in [2.75, 3.05) is 13.7 Å². The van der Waals surface area contributed by atoms with E-state index in [4.69, 9.17) is 14.6 Å². The van der Waals surface area contributed by atoms with E-state index >= 15 is 0 Å². The molecule has 0 saturated carbocycles. The van der Waals surface area contributed by atoms with Crippen LogP contribution in [0.1, 0.15) is 12.5 Å². The molecule has 0 amide bonds. The molecule has 0 aliphatic heterocycles. The lowest BCUT2D eigenvalue weighted by Crippen LogP contribution is -2.18. The van der Waals surface area contributed by atoms with Gasteiger partial charge in [-0.05, 0) is 25.1 Å². The fourth-order valence-electron chi connectivity index (χ4n) is 1.27. The van der Waals surface area contributed by atoms with Gasteiger partial charge in [0.25, 0.3) is 0 Å². The SMILES string of the molecule is COCC(C)Oc1ccc(Br)cc1CO. The van der Waals surface area contributed by atoms with E-state index in [2.05, 4.69) is 15.9 Å². The number of aliphatic hydroxyl groups is 1. The van der Waals surface area contributed by atoms with Crippen molar-refractivity contribution in [2.45, 2.75) is 19.6 Å². The van der Waals surface area contributed by atoms with Crippen molar-refractivity contribution in [1.82, 2.24) is 0 Å². The molecule has 84 valence electrons. The van der Waals surface area contributed by atoms with E-state index in [1.807, 2.05) is 25.1 Å². The molecule has 3 nitrogen and oxygen atoms in total. The number of methoxy groups -OCH3 is 1. The number of ether oxygens (including phenoxy) is 2. The fourth-order valence-corrected chi connectivity index (χ4v) is 1.68. The van der Waals surface area contributed by atoms with E-state index < -0.39 is 0 Å². The molecule has 0 aromatic heterocycles. The van der Waals surface area contributed by atoms with E-state index in [1.54, 1.807) is 7.11 Å². The van der Waals surface area contributed by atoms with Crippen LogP contribution in [-0.2, 0) is 11.3 Å². The van der Waals surface area contributed by atoms with Gasteiger partial charge in [0.2, 0.25) is 0 Å². The minimum Gasteiger partial charge on any atom is -0.488 e. The van der Waals surface area contributed by atoms with Crippen LogP contribution in [0.4, 0.5) is 0 Å². The summed E-state index contributed by atoms with van der Waals surface area (Å²) in [5, 5.41) is 9.15. The first-order valence-electron chi connectivity index (χ1n) is 4.72. The molecule has 1 unspecified atom stereocenters. The predicted octanol–water partition coefficient (Wildman–Crippen LogP) is 2.36. The predicted molar refractivity (Wildman–Crippen MR) is 62.0 cm³/mol. The van der Waals surface area contributed by atoms with E-state index in [-0.39, 0.29) is 12.7 Å². The van der Waals surface area contributed by atoms with Gasteiger partial charge in [0.05, 0.1) is 13.2 Å².